The average molecular weight is 536 g/mol. The summed E-state index contributed by atoms with van der Waals surface area (Å²) in [6, 6.07) is 8.76. The van der Waals surface area contributed by atoms with E-state index in [1.54, 1.807) is 12.3 Å². The standard InChI is InChI=1S/C25H33N5O6.ClH/c1-18-11-13-27-22(14-18)26-12-6-4-3-5-10-23(31)28-17-24(32)29-21(16-25(33)36-2)19-8-7-9-20(15-19)30(34)35;/h7-9,11,13-15,21H,3-6,10,12,16-17H2,1-2H3,(H,26,27)(H,28,31)(H,29,32);1H. The molecule has 1 unspecified atom stereocenters. The lowest BCUT2D eigenvalue weighted by Gasteiger charge is -2.18. The number of benzene rings is 1. The maximum Gasteiger partial charge on any atom is 0.307 e. The van der Waals surface area contributed by atoms with Gasteiger partial charge in [-0.2, -0.15) is 0 Å². The van der Waals surface area contributed by atoms with Gasteiger partial charge in [-0.05, 0) is 43.0 Å². The fourth-order valence-corrected chi connectivity index (χ4v) is 3.48. The van der Waals surface area contributed by atoms with Crippen molar-refractivity contribution < 1.29 is 24.0 Å². The van der Waals surface area contributed by atoms with Crippen molar-refractivity contribution in [1.29, 1.82) is 0 Å². The van der Waals surface area contributed by atoms with Crippen LogP contribution in [0.5, 0.6) is 0 Å². The molecule has 1 atom stereocenters. The monoisotopic (exact) mass is 535 g/mol. The number of pyridine rings is 1. The molecule has 37 heavy (non-hydrogen) atoms. The molecular weight excluding hydrogens is 502 g/mol. The Hall–Kier alpha value is -3.73. The summed E-state index contributed by atoms with van der Waals surface area (Å²) >= 11 is 0. The predicted molar refractivity (Wildman–Crippen MR) is 141 cm³/mol. The first kappa shape index (κ1) is 31.3. The first-order valence-electron chi connectivity index (χ1n) is 11.8. The molecule has 0 aliphatic carbocycles. The number of aryl methyl sites for hydroxylation is 1. The molecule has 0 aliphatic rings. The summed E-state index contributed by atoms with van der Waals surface area (Å²) in [4.78, 5) is 51.0. The number of non-ortho nitro benzene ring substituents is 1. The molecule has 11 nitrogen and oxygen atoms in total. The SMILES string of the molecule is COC(=O)CC(NC(=O)CNC(=O)CCCCCCNc1cc(C)ccn1)c1cccc([N+](=O)[O-])c1.Cl. The van der Waals surface area contributed by atoms with Crippen LogP contribution in [-0.4, -0.2) is 47.9 Å². The minimum atomic E-state index is -0.828. The zero-order valence-corrected chi connectivity index (χ0v) is 21.8. The number of nitrogens with one attached hydrogen (secondary N) is 3. The van der Waals surface area contributed by atoms with E-state index in [0.717, 1.165) is 37.2 Å². The molecule has 2 aromatic rings. The minimum Gasteiger partial charge on any atom is -0.469 e. The summed E-state index contributed by atoms with van der Waals surface area (Å²) in [6.45, 7) is 2.55. The van der Waals surface area contributed by atoms with E-state index in [4.69, 9.17) is 0 Å². The highest BCUT2D eigenvalue weighted by molar-refractivity contribution is 5.85. The first-order chi connectivity index (χ1) is 17.3. The molecule has 3 N–H and O–H groups in total. The second kappa shape index (κ2) is 16.9. The highest BCUT2D eigenvalue weighted by Crippen LogP contribution is 2.22. The van der Waals surface area contributed by atoms with E-state index in [1.807, 2.05) is 19.1 Å². The lowest BCUT2D eigenvalue weighted by atomic mass is 10.0. The molecule has 12 heteroatoms. The topological polar surface area (TPSA) is 153 Å². The number of nitrogens with zero attached hydrogens (tertiary/aromatic N) is 2. The molecule has 0 saturated carbocycles. The van der Waals surface area contributed by atoms with Crippen molar-refractivity contribution >= 4 is 41.7 Å². The number of esters is 1. The molecule has 0 aliphatic heterocycles. The third-order valence-electron chi connectivity index (χ3n) is 5.42. The zero-order valence-electron chi connectivity index (χ0n) is 21.0. The highest BCUT2D eigenvalue weighted by Gasteiger charge is 2.21. The van der Waals surface area contributed by atoms with Crippen molar-refractivity contribution in [2.24, 2.45) is 0 Å². The van der Waals surface area contributed by atoms with Gasteiger partial charge in [-0.3, -0.25) is 24.5 Å². The molecule has 0 radical (unpaired) electrons. The van der Waals surface area contributed by atoms with Crippen molar-refractivity contribution in [3.05, 3.63) is 63.8 Å². The van der Waals surface area contributed by atoms with Gasteiger partial charge < -0.3 is 20.7 Å². The van der Waals surface area contributed by atoms with Crippen LogP contribution in [0.2, 0.25) is 0 Å². The molecular formula is C25H34ClN5O6. The Balaban J connectivity index is 0.00000684. The van der Waals surface area contributed by atoms with E-state index in [-0.39, 0.29) is 37.0 Å². The van der Waals surface area contributed by atoms with E-state index < -0.39 is 22.8 Å². The number of halogens is 1. The third-order valence-corrected chi connectivity index (χ3v) is 5.42. The molecule has 0 fully saturated rings. The number of amides is 2. The first-order valence-corrected chi connectivity index (χ1v) is 11.8. The van der Waals surface area contributed by atoms with Gasteiger partial charge in [0, 0.05) is 31.3 Å². The normalized spacial score (nSPS) is 11.0. The van der Waals surface area contributed by atoms with Gasteiger partial charge >= 0.3 is 5.97 Å². The summed E-state index contributed by atoms with van der Waals surface area (Å²) in [7, 11) is 1.22. The summed E-state index contributed by atoms with van der Waals surface area (Å²) in [6.07, 6.45) is 5.38. The number of methoxy groups -OCH3 is 1. The average Bonchev–Trinajstić information content (AvgIpc) is 2.86. The van der Waals surface area contributed by atoms with Gasteiger partial charge in [0.15, 0.2) is 0 Å². The van der Waals surface area contributed by atoms with Crippen LogP contribution in [0.25, 0.3) is 0 Å². The number of hydrogen-bond donors (Lipinski definition) is 3. The molecule has 0 bridgehead atoms. The number of nitro groups is 1. The number of carbonyl (C=O) groups is 3. The molecule has 2 rings (SSSR count). The van der Waals surface area contributed by atoms with Crippen LogP contribution in [0.15, 0.2) is 42.6 Å². The van der Waals surface area contributed by atoms with E-state index in [0.29, 0.717) is 18.4 Å². The molecule has 0 spiro atoms. The Morgan fingerprint density at radius 3 is 2.54 bits per heavy atom. The number of nitro benzene ring substituents is 1. The molecule has 1 aromatic heterocycles. The smallest absolute Gasteiger partial charge is 0.307 e. The Labute approximate surface area is 222 Å². The number of anilines is 1. The van der Waals surface area contributed by atoms with Crippen LogP contribution < -0.4 is 16.0 Å². The summed E-state index contributed by atoms with van der Waals surface area (Å²) in [5.41, 5.74) is 1.38. The van der Waals surface area contributed by atoms with Crippen molar-refractivity contribution in [2.75, 3.05) is 25.5 Å². The summed E-state index contributed by atoms with van der Waals surface area (Å²) < 4.78 is 4.67. The lowest BCUT2D eigenvalue weighted by molar-refractivity contribution is -0.384. The van der Waals surface area contributed by atoms with Crippen molar-refractivity contribution in [2.45, 2.75) is 51.5 Å². The second-order valence-corrected chi connectivity index (χ2v) is 8.34. The Morgan fingerprint density at radius 2 is 1.84 bits per heavy atom. The predicted octanol–water partition coefficient (Wildman–Crippen LogP) is 3.62. The van der Waals surface area contributed by atoms with Gasteiger partial charge in [0.25, 0.3) is 5.69 Å². The van der Waals surface area contributed by atoms with Crippen molar-refractivity contribution in [3.8, 4) is 0 Å². The van der Waals surface area contributed by atoms with Crippen LogP contribution >= 0.6 is 12.4 Å². The number of unbranched alkanes of at least 4 members (excludes halogenated alkanes) is 3. The van der Waals surface area contributed by atoms with Crippen molar-refractivity contribution in [3.63, 3.8) is 0 Å². The lowest BCUT2D eigenvalue weighted by Crippen LogP contribution is -2.39. The maximum absolute atomic E-state index is 12.4. The minimum absolute atomic E-state index is 0. The highest BCUT2D eigenvalue weighted by atomic mass is 35.5. The maximum atomic E-state index is 12.4. The molecule has 1 aromatic carbocycles. The summed E-state index contributed by atoms with van der Waals surface area (Å²) in [5, 5.41) is 19.5. The van der Waals surface area contributed by atoms with E-state index in [9.17, 15) is 24.5 Å². The molecule has 0 saturated heterocycles. The molecule has 2 amide bonds. The number of aromatic nitrogens is 1. The van der Waals surface area contributed by atoms with Crippen LogP contribution in [-0.2, 0) is 19.1 Å². The van der Waals surface area contributed by atoms with Gasteiger partial charge in [-0.15, -0.1) is 12.4 Å². The van der Waals surface area contributed by atoms with Crippen LogP contribution in [0.3, 0.4) is 0 Å². The number of rotatable bonds is 15. The Morgan fingerprint density at radius 1 is 1.08 bits per heavy atom. The summed E-state index contributed by atoms with van der Waals surface area (Å²) in [5.74, 6) is -0.486. The number of hydrogen-bond acceptors (Lipinski definition) is 8. The van der Waals surface area contributed by atoms with Crippen LogP contribution in [0, 0.1) is 17.0 Å². The van der Waals surface area contributed by atoms with Crippen molar-refractivity contribution in [1.82, 2.24) is 15.6 Å². The molecule has 202 valence electrons. The van der Waals surface area contributed by atoms with E-state index in [2.05, 4.69) is 25.7 Å². The fourth-order valence-electron chi connectivity index (χ4n) is 3.48. The Kier molecular flexibility index (Phi) is 14.3. The third kappa shape index (κ3) is 12.2. The Bertz CT molecular complexity index is 1050. The number of ether oxygens (including phenoxy) is 1. The fraction of sp³-hybridized carbons (Fsp3) is 0.440. The van der Waals surface area contributed by atoms with E-state index >= 15 is 0 Å². The van der Waals surface area contributed by atoms with Gasteiger partial charge in [-0.1, -0.05) is 25.0 Å². The largest absolute Gasteiger partial charge is 0.469 e. The van der Waals surface area contributed by atoms with Crippen LogP contribution in [0.4, 0.5) is 11.5 Å². The van der Waals surface area contributed by atoms with Gasteiger partial charge in [0.1, 0.15) is 5.82 Å². The second-order valence-electron chi connectivity index (χ2n) is 8.34. The van der Waals surface area contributed by atoms with Gasteiger partial charge in [-0.25, -0.2) is 4.98 Å². The van der Waals surface area contributed by atoms with Crippen LogP contribution in [0.1, 0.15) is 55.7 Å². The molecule has 1 heterocycles. The van der Waals surface area contributed by atoms with E-state index in [1.165, 1.54) is 25.3 Å². The zero-order chi connectivity index (χ0) is 26.3. The van der Waals surface area contributed by atoms with Gasteiger partial charge in [0.05, 0.1) is 31.0 Å². The quantitative estimate of drug-likeness (QED) is 0.135. The number of carbonyl (C=O) groups excluding carboxylic acids is 3. The van der Waals surface area contributed by atoms with Gasteiger partial charge in [0.2, 0.25) is 11.8 Å².